The SMILES string of the molecule is Cc1cnc(OC2CCCC2)cc1C. The van der Waals surface area contributed by atoms with Gasteiger partial charge in [0.15, 0.2) is 0 Å². The number of hydrogen-bond donors (Lipinski definition) is 0. The van der Waals surface area contributed by atoms with Crippen LogP contribution in [0.5, 0.6) is 5.88 Å². The minimum atomic E-state index is 0.407. The number of aromatic nitrogens is 1. The first-order valence-corrected chi connectivity index (χ1v) is 5.35. The van der Waals surface area contributed by atoms with Crippen LogP contribution in [0.1, 0.15) is 36.8 Å². The van der Waals surface area contributed by atoms with Gasteiger partial charge in [0.1, 0.15) is 6.10 Å². The molecule has 0 aromatic carbocycles. The van der Waals surface area contributed by atoms with Gasteiger partial charge in [0, 0.05) is 12.3 Å². The lowest BCUT2D eigenvalue weighted by atomic mass is 10.2. The Morgan fingerprint density at radius 1 is 1.21 bits per heavy atom. The minimum Gasteiger partial charge on any atom is -0.474 e. The average Bonchev–Trinajstić information content (AvgIpc) is 2.64. The van der Waals surface area contributed by atoms with E-state index in [9.17, 15) is 0 Å². The van der Waals surface area contributed by atoms with Crippen LogP contribution in [0.25, 0.3) is 0 Å². The van der Waals surface area contributed by atoms with Gasteiger partial charge >= 0.3 is 0 Å². The topological polar surface area (TPSA) is 22.1 Å². The molecular weight excluding hydrogens is 174 g/mol. The molecule has 0 unspecified atom stereocenters. The van der Waals surface area contributed by atoms with Crippen molar-refractivity contribution in [2.75, 3.05) is 0 Å². The fourth-order valence-corrected chi connectivity index (χ4v) is 1.84. The Bertz CT molecular complexity index is 316. The summed E-state index contributed by atoms with van der Waals surface area (Å²) in [5.41, 5.74) is 2.48. The highest BCUT2D eigenvalue weighted by Gasteiger charge is 2.16. The Balaban J connectivity index is 2.05. The van der Waals surface area contributed by atoms with E-state index in [1.807, 2.05) is 12.3 Å². The van der Waals surface area contributed by atoms with E-state index in [0.29, 0.717) is 6.10 Å². The van der Waals surface area contributed by atoms with Crippen molar-refractivity contribution in [3.63, 3.8) is 0 Å². The Morgan fingerprint density at radius 2 is 1.93 bits per heavy atom. The molecule has 0 bridgehead atoms. The molecule has 1 aliphatic rings. The predicted octanol–water partition coefficient (Wildman–Crippen LogP) is 3.02. The van der Waals surface area contributed by atoms with Gasteiger partial charge in [-0.05, 0) is 50.7 Å². The molecule has 0 radical (unpaired) electrons. The van der Waals surface area contributed by atoms with Gasteiger partial charge in [0.05, 0.1) is 0 Å². The molecule has 1 saturated carbocycles. The van der Waals surface area contributed by atoms with E-state index >= 15 is 0 Å². The number of nitrogens with zero attached hydrogens (tertiary/aromatic N) is 1. The maximum atomic E-state index is 5.80. The first-order valence-electron chi connectivity index (χ1n) is 5.35. The van der Waals surface area contributed by atoms with Crippen molar-refractivity contribution in [3.8, 4) is 5.88 Å². The lowest BCUT2D eigenvalue weighted by Gasteiger charge is -2.12. The highest BCUT2D eigenvalue weighted by Crippen LogP contribution is 2.23. The van der Waals surface area contributed by atoms with Crippen LogP contribution in [0.2, 0.25) is 0 Å². The van der Waals surface area contributed by atoms with Gasteiger partial charge in [-0.3, -0.25) is 0 Å². The van der Waals surface area contributed by atoms with Gasteiger partial charge in [-0.1, -0.05) is 0 Å². The van der Waals surface area contributed by atoms with Gasteiger partial charge in [-0.2, -0.15) is 0 Å². The van der Waals surface area contributed by atoms with Gasteiger partial charge in [-0.25, -0.2) is 4.98 Å². The first kappa shape index (κ1) is 9.50. The highest BCUT2D eigenvalue weighted by atomic mass is 16.5. The zero-order valence-corrected chi connectivity index (χ0v) is 8.92. The highest BCUT2D eigenvalue weighted by molar-refractivity contribution is 5.26. The molecule has 1 aromatic heterocycles. The summed E-state index contributed by atoms with van der Waals surface area (Å²) >= 11 is 0. The van der Waals surface area contributed by atoms with Crippen molar-refractivity contribution in [1.82, 2.24) is 4.98 Å². The van der Waals surface area contributed by atoms with Crippen molar-refractivity contribution in [2.24, 2.45) is 0 Å². The van der Waals surface area contributed by atoms with Gasteiger partial charge in [-0.15, -0.1) is 0 Å². The molecule has 0 saturated heterocycles. The molecule has 0 spiro atoms. The molecule has 1 aliphatic carbocycles. The predicted molar refractivity (Wildman–Crippen MR) is 56.6 cm³/mol. The molecule has 0 amide bonds. The van der Waals surface area contributed by atoms with Crippen molar-refractivity contribution >= 4 is 0 Å². The van der Waals surface area contributed by atoms with Crippen molar-refractivity contribution in [2.45, 2.75) is 45.6 Å². The lowest BCUT2D eigenvalue weighted by Crippen LogP contribution is -2.11. The van der Waals surface area contributed by atoms with Crippen LogP contribution in [0.3, 0.4) is 0 Å². The Morgan fingerprint density at radius 3 is 2.57 bits per heavy atom. The second-order valence-corrected chi connectivity index (χ2v) is 4.13. The average molecular weight is 191 g/mol. The molecule has 1 aromatic rings. The van der Waals surface area contributed by atoms with Gasteiger partial charge in [0.25, 0.3) is 0 Å². The van der Waals surface area contributed by atoms with Crippen LogP contribution in [0.15, 0.2) is 12.3 Å². The maximum absolute atomic E-state index is 5.80. The number of hydrogen-bond acceptors (Lipinski definition) is 2. The van der Waals surface area contributed by atoms with Gasteiger partial charge in [0.2, 0.25) is 5.88 Å². The summed E-state index contributed by atoms with van der Waals surface area (Å²) in [5, 5.41) is 0. The van der Waals surface area contributed by atoms with E-state index in [4.69, 9.17) is 4.74 Å². The van der Waals surface area contributed by atoms with Crippen LogP contribution >= 0.6 is 0 Å². The molecule has 2 heteroatoms. The van der Waals surface area contributed by atoms with E-state index in [1.54, 1.807) is 0 Å². The molecule has 1 fully saturated rings. The summed E-state index contributed by atoms with van der Waals surface area (Å²) in [4.78, 5) is 4.28. The summed E-state index contributed by atoms with van der Waals surface area (Å²) in [6, 6.07) is 2.04. The zero-order chi connectivity index (χ0) is 9.97. The second kappa shape index (κ2) is 3.99. The summed E-state index contributed by atoms with van der Waals surface area (Å²) in [7, 11) is 0. The molecule has 2 rings (SSSR count). The van der Waals surface area contributed by atoms with E-state index in [0.717, 1.165) is 5.88 Å². The Labute approximate surface area is 85.3 Å². The standard InChI is InChI=1S/C12H17NO/c1-9-7-12(13-8-10(9)2)14-11-5-3-4-6-11/h7-8,11H,3-6H2,1-2H3. The molecular formula is C12H17NO. The molecule has 2 nitrogen and oxygen atoms in total. The fraction of sp³-hybridized carbons (Fsp3) is 0.583. The molecule has 14 heavy (non-hydrogen) atoms. The monoisotopic (exact) mass is 191 g/mol. The quantitative estimate of drug-likeness (QED) is 0.717. The van der Waals surface area contributed by atoms with Crippen molar-refractivity contribution < 1.29 is 4.74 Å². The van der Waals surface area contributed by atoms with Crippen LogP contribution in [-0.2, 0) is 0 Å². The third kappa shape index (κ3) is 2.06. The molecule has 76 valence electrons. The fourth-order valence-electron chi connectivity index (χ4n) is 1.84. The Kier molecular flexibility index (Phi) is 2.71. The normalized spacial score (nSPS) is 17.3. The lowest BCUT2D eigenvalue weighted by molar-refractivity contribution is 0.201. The van der Waals surface area contributed by atoms with Crippen LogP contribution in [0, 0.1) is 13.8 Å². The molecule has 1 heterocycles. The largest absolute Gasteiger partial charge is 0.474 e. The van der Waals surface area contributed by atoms with Crippen molar-refractivity contribution in [3.05, 3.63) is 23.4 Å². The van der Waals surface area contributed by atoms with Crippen LogP contribution < -0.4 is 4.74 Å². The third-order valence-electron chi connectivity index (χ3n) is 2.94. The zero-order valence-electron chi connectivity index (χ0n) is 8.92. The summed E-state index contributed by atoms with van der Waals surface area (Å²) in [6.07, 6.45) is 7.28. The number of rotatable bonds is 2. The second-order valence-electron chi connectivity index (χ2n) is 4.13. The molecule has 0 N–H and O–H groups in total. The maximum Gasteiger partial charge on any atom is 0.213 e. The van der Waals surface area contributed by atoms with E-state index in [1.165, 1.54) is 36.8 Å². The van der Waals surface area contributed by atoms with E-state index in [2.05, 4.69) is 18.8 Å². The first-order chi connectivity index (χ1) is 6.75. The summed E-state index contributed by atoms with van der Waals surface area (Å²) in [5.74, 6) is 0.792. The summed E-state index contributed by atoms with van der Waals surface area (Å²) < 4.78 is 5.80. The smallest absolute Gasteiger partial charge is 0.213 e. The van der Waals surface area contributed by atoms with Crippen molar-refractivity contribution in [1.29, 1.82) is 0 Å². The summed E-state index contributed by atoms with van der Waals surface area (Å²) in [6.45, 7) is 4.17. The van der Waals surface area contributed by atoms with Gasteiger partial charge < -0.3 is 4.74 Å². The van der Waals surface area contributed by atoms with Crippen LogP contribution in [0.4, 0.5) is 0 Å². The number of ether oxygens (including phenoxy) is 1. The van der Waals surface area contributed by atoms with E-state index in [-0.39, 0.29) is 0 Å². The third-order valence-corrected chi connectivity index (χ3v) is 2.94. The Hall–Kier alpha value is -1.05. The molecule has 0 aliphatic heterocycles. The number of pyridine rings is 1. The minimum absolute atomic E-state index is 0.407. The van der Waals surface area contributed by atoms with E-state index < -0.39 is 0 Å². The number of aryl methyl sites for hydroxylation is 2. The molecule has 0 atom stereocenters. The van der Waals surface area contributed by atoms with Crippen LogP contribution in [-0.4, -0.2) is 11.1 Å².